The molecule has 0 spiro atoms. The van der Waals surface area contributed by atoms with Crippen molar-refractivity contribution in [2.75, 3.05) is 11.9 Å². The zero-order chi connectivity index (χ0) is 13.0. The quantitative estimate of drug-likeness (QED) is 0.904. The Morgan fingerprint density at radius 2 is 1.78 bits per heavy atom. The first-order valence-electron chi connectivity index (χ1n) is 5.45. The van der Waals surface area contributed by atoms with Crippen molar-refractivity contribution in [3.8, 4) is 0 Å². The van der Waals surface area contributed by atoms with Gasteiger partial charge in [-0.2, -0.15) is 0 Å². The molecule has 18 heavy (non-hydrogen) atoms. The summed E-state index contributed by atoms with van der Waals surface area (Å²) in [4.78, 5) is 4.08. The lowest BCUT2D eigenvalue weighted by molar-refractivity contribution is 0.547. The minimum absolute atomic E-state index is 0.313. The molecule has 0 aliphatic rings. The maximum Gasteiger partial charge on any atom is 0.152 e. The Labute approximate surface area is 102 Å². The summed E-state index contributed by atoms with van der Waals surface area (Å²) in [6, 6.07) is 6.73. The summed E-state index contributed by atoms with van der Waals surface area (Å²) < 4.78 is 39.2. The second kappa shape index (κ2) is 5.53. The van der Waals surface area contributed by atoms with Gasteiger partial charge in [0.25, 0.3) is 0 Å². The Morgan fingerprint density at radius 3 is 2.39 bits per heavy atom. The molecule has 0 amide bonds. The van der Waals surface area contributed by atoms with Crippen molar-refractivity contribution in [2.24, 2.45) is 0 Å². The fourth-order valence-electron chi connectivity index (χ4n) is 1.57. The van der Waals surface area contributed by atoms with Gasteiger partial charge in [0.15, 0.2) is 11.6 Å². The van der Waals surface area contributed by atoms with E-state index in [1.807, 2.05) is 12.1 Å². The van der Waals surface area contributed by atoms with Crippen LogP contribution in [0.25, 0.3) is 0 Å². The highest BCUT2D eigenvalue weighted by molar-refractivity contribution is 5.46. The zero-order valence-corrected chi connectivity index (χ0v) is 9.46. The van der Waals surface area contributed by atoms with E-state index in [4.69, 9.17) is 0 Å². The number of hydrogen-bond donors (Lipinski definition) is 1. The fourth-order valence-corrected chi connectivity index (χ4v) is 1.57. The summed E-state index contributed by atoms with van der Waals surface area (Å²) >= 11 is 0. The molecule has 2 nitrogen and oxygen atoms in total. The van der Waals surface area contributed by atoms with E-state index < -0.39 is 17.5 Å². The van der Waals surface area contributed by atoms with E-state index in [-0.39, 0.29) is 5.69 Å². The summed E-state index contributed by atoms with van der Waals surface area (Å²) in [5.41, 5.74) is 0.500. The number of pyridine rings is 1. The number of aromatic nitrogens is 1. The number of halogens is 3. The maximum atomic E-state index is 13.3. The third-order valence-corrected chi connectivity index (χ3v) is 2.42. The first-order valence-corrected chi connectivity index (χ1v) is 5.45. The molecule has 2 rings (SSSR count). The molecule has 0 aliphatic carbocycles. The molecule has 2 aromatic rings. The maximum absolute atomic E-state index is 13.3. The molecule has 1 N–H and O–H groups in total. The van der Waals surface area contributed by atoms with Crippen LogP contribution in [0.5, 0.6) is 0 Å². The van der Waals surface area contributed by atoms with Crippen molar-refractivity contribution in [3.05, 3.63) is 59.7 Å². The van der Waals surface area contributed by atoms with Gasteiger partial charge in [-0.3, -0.25) is 4.98 Å². The Balaban J connectivity index is 1.99. The lowest BCUT2D eigenvalue weighted by Crippen LogP contribution is -2.09. The summed E-state index contributed by atoms with van der Waals surface area (Å²) in [6.45, 7) is 0.316. The molecule has 1 aromatic heterocycles. The predicted octanol–water partition coefficient (Wildman–Crippen LogP) is 3.15. The van der Waals surface area contributed by atoms with Crippen molar-refractivity contribution < 1.29 is 13.2 Å². The Bertz CT molecular complexity index is 506. The van der Waals surface area contributed by atoms with Gasteiger partial charge in [-0.15, -0.1) is 0 Å². The first kappa shape index (κ1) is 12.4. The third kappa shape index (κ3) is 3.00. The fraction of sp³-hybridized carbons (Fsp3) is 0.154. The van der Waals surface area contributed by atoms with E-state index in [9.17, 15) is 13.2 Å². The Morgan fingerprint density at radius 1 is 1.06 bits per heavy atom. The van der Waals surface area contributed by atoms with Crippen molar-refractivity contribution in [1.29, 1.82) is 0 Å². The van der Waals surface area contributed by atoms with Gasteiger partial charge >= 0.3 is 0 Å². The minimum Gasteiger partial charge on any atom is -0.380 e. The van der Waals surface area contributed by atoms with Crippen molar-refractivity contribution in [2.45, 2.75) is 6.42 Å². The summed E-state index contributed by atoms with van der Waals surface area (Å²) in [5, 5.41) is 2.60. The van der Waals surface area contributed by atoms with Gasteiger partial charge in [-0.1, -0.05) is 6.07 Å². The molecule has 0 aliphatic heterocycles. The van der Waals surface area contributed by atoms with Crippen LogP contribution < -0.4 is 5.32 Å². The van der Waals surface area contributed by atoms with Crippen LogP contribution in [-0.4, -0.2) is 11.5 Å². The van der Waals surface area contributed by atoms with Gasteiger partial charge < -0.3 is 5.32 Å². The van der Waals surface area contributed by atoms with Crippen LogP contribution in [0.15, 0.2) is 36.5 Å². The van der Waals surface area contributed by atoms with Crippen molar-refractivity contribution >= 4 is 5.69 Å². The van der Waals surface area contributed by atoms with Gasteiger partial charge in [0.05, 0.1) is 0 Å². The van der Waals surface area contributed by atoms with Crippen LogP contribution in [0.1, 0.15) is 5.69 Å². The molecular weight excluding hydrogens is 241 g/mol. The first-order chi connectivity index (χ1) is 8.66. The number of rotatable bonds is 4. The zero-order valence-electron chi connectivity index (χ0n) is 9.46. The van der Waals surface area contributed by atoms with Gasteiger partial charge in [0, 0.05) is 37.0 Å². The molecule has 0 radical (unpaired) electrons. The highest BCUT2D eigenvalue weighted by Crippen LogP contribution is 2.19. The third-order valence-electron chi connectivity index (χ3n) is 2.42. The highest BCUT2D eigenvalue weighted by atomic mass is 19.1. The highest BCUT2D eigenvalue weighted by Gasteiger charge is 2.10. The average Bonchev–Trinajstić information content (AvgIpc) is 2.34. The van der Waals surface area contributed by atoms with Crippen LogP contribution in [0.4, 0.5) is 18.9 Å². The minimum atomic E-state index is -0.937. The molecular formula is C13H11F3N2. The van der Waals surface area contributed by atoms with E-state index in [0.717, 1.165) is 5.69 Å². The monoisotopic (exact) mass is 252 g/mol. The van der Waals surface area contributed by atoms with E-state index in [2.05, 4.69) is 10.3 Å². The van der Waals surface area contributed by atoms with Crippen LogP contribution in [-0.2, 0) is 6.42 Å². The molecule has 0 saturated carbocycles. The number of nitrogens with one attached hydrogen (secondary N) is 1. The van der Waals surface area contributed by atoms with Crippen molar-refractivity contribution in [1.82, 2.24) is 4.98 Å². The second-order valence-corrected chi connectivity index (χ2v) is 3.74. The lowest BCUT2D eigenvalue weighted by atomic mass is 10.2. The predicted molar refractivity (Wildman–Crippen MR) is 62.7 cm³/mol. The van der Waals surface area contributed by atoms with Gasteiger partial charge in [-0.25, -0.2) is 13.2 Å². The molecule has 94 valence electrons. The number of anilines is 1. The van der Waals surface area contributed by atoms with Crippen LogP contribution in [0, 0.1) is 17.5 Å². The molecule has 0 saturated heterocycles. The molecule has 0 unspecified atom stereocenters. The van der Waals surface area contributed by atoms with E-state index in [1.165, 1.54) is 0 Å². The van der Waals surface area contributed by atoms with E-state index in [1.54, 1.807) is 12.3 Å². The van der Waals surface area contributed by atoms with Crippen LogP contribution in [0.2, 0.25) is 0 Å². The van der Waals surface area contributed by atoms with Crippen LogP contribution in [0.3, 0.4) is 0 Å². The summed E-state index contributed by atoms with van der Waals surface area (Å²) in [5.74, 6) is -2.80. The molecule has 0 fully saturated rings. The number of hydrogen-bond acceptors (Lipinski definition) is 2. The van der Waals surface area contributed by atoms with Gasteiger partial charge in [0.2, 0.25) is 0 Å². The van der Waals surface area contributed by atoms with Gasteiger partial charge in [-0.05, 0) is 12.1 Å². The Hall–Kier alpha value is -2.04. The van der Waals surface area contributed by atoms with E-state index in [0.29, 0.717) is 25.1 Å². The lowest BCUT2D eigenvalue weighted by Gasteiger charge is -2.08. The molecule has 0 bridgehead atoms. The number of nitrogens with zero attached hydrogens (tertiary/aromatic N) is 1. The average molecular weight is 252 g/mol. The van der Waals surface area contributed by atoms with E-state index >= 15 is 0 Å². The molecule has 5 heteroatoms. The largest absolute Gasteiger partial charge is 0.380 e. The second-order valence-electron chi connectivity index (χ2n) is 3.74. The number of benzene rings is 1. The molecule has 0 atom stereocenters. The topological polar surface area (TPSA) is 24.9 Å². The van der Waals surface area contributed by atoms with Crippen molar-refractivity contribution in [3.63, 3.8) is 0 Å². The standard InChI is InChI=1S/C13H11F3N2/c14-9-7-11(15)13(12(16)8-9)18-6-4-10-3-1-2-5-17-10/h1-3,5,7-8,18H,4,6H2. The van der Waals surface area contributed by atoms with Crippen LogP contribution >= 0.6 is 0 Å². The van der Waals surface area contributed by atoms with Gasteiger partial charge in [0.1, 0.15) is 11.5 Å². The molecule has 1 heterocycles. The summed E-state index contributed by atoms with van der Waals surface area (Å²) in [7, 11) is 0. The Kier molecular flexibility index (Phi) is 3.82. The smallest absolute Gasteiger partial charge is 0.152 e. The SMILES string of the molecule is Fc1cc(F)c(NCCc2ccccn2)c(F)c1. The summed E-state index contributed by atoms with van der Waals surface area (Å²) in [6.07, 6.45) is 2.17. The normalized spacial score (nSPS) is 10.4. The molecule has 1 aromatic carbocycles.